The van der Waals surface area contributed by atoms with Gasteiger partial charge in [-0.2, -0.15) is 0 Å². The maximum Gasteiger partial charge on any atom is 0.251 e. The molecule has 0 radical (unpaired) electrons. The van der Waals surface area contributed by atoms with Crippen LogP contribution in [0.3, 0.4) is 0 Å². The first-order chi connectivity index (χ1) is 10.3. The van der Waals surface area contributed by atoms with Crippen molar-refractivity contribution in [3.05, 3.63) is 59.7 Å². The smallest absolute Gasteiger partial charge is 0.251 e. The Hall–Kier alpha value is -2.49. The minimum atomic E-state index is -0.0813. The number of hydrogen-bond donors (Lipinski definition) is 2. The summed E-state index contributed by atoms with van der Waals surface area (Å²) < 4.78 is 5.57. The first kappa shape index (κ1) is 13.5. The molecule has 0 aliphatic carbocycles. The van der Waals surface area contributed by atoms with Crippen molar-refractivity contribution in [3.63, 3.8) is 0 Å². The van der Waals surface area contributed by atoms with Gasteiger partial charge in [-0.15, -0.1) is 0 Å². The van der Waals surface area contributed by atoms with Gasteiger partial charge >= 0.3 is 0 Å². The van der Waals surface area contributed by atoms with Crippen LogP contribution in [0.25, 0.3) is 0 Å². The third-order valence-corrected chi connectivity index (χ3v) is 3.53. The number of para-hydroxylation sites is 1. The molecule has 3 rings (SSSR count). The Bertz CT molecular complexity index is 637. The van der Waals surface area contributed by atoms with Crippen molar-refractivity contribution >= 4 is 11.6 Å². The maximum absolute atomic E-state index is 12.3. The van der Waals surface area contributed by atoms with Gasteiger partial charge in [-0.05, 0) is 37.3 Å². The summed E-state index contributed by atoms with van der Waals surface area (Å²) in [5.41, 5.74) is 2.71. The van der Waals surface area contributed by atoms with E-state index in [1.807, 2.05) is 55.5 Å². The molecule has 1 aliphatic rings. The van der Waals surface area contributed by atoms with Crippen LogP contribution in [0.5, 0.6) is 5.75 Å². The first-order valence-electron chi connectivity index (χ1n) is 7.14. The zero-order valence-electron chi connectivity index (χ0n) is 11.9. The predicted octanol–water partition coefficient (Wildman–Crippen LogP) is 2.98. The summed E-state index contributed by atoms with van der Waals surface area (Å²) in [6, 6.07) is 15.2. The van der Waals surface area contributed by atoms with Gasteiger partial charge in [0.05, 0.1) is 6.04 Å². The number of benzene rings is 2. The lowest BCUT2D eigenvalue weighted by atomic mass is 10.1. The average Bonchev–Trinajstić information content (AvgIpc) is 2.92. The molecule has 4 nitrogen and oxygen atoms in total. The minimum Gasteiger partial charge on any atom is -0.491 e. The number of hydrogen-bond acceptors (Lipinski definition) is 3. The van der Waals surface area contributed by atoms with Gasteiger partial charge in [-0.25, -0.2) is 0 Å². The van der Waals surface area contributed by atoms with E-state index in [1.54, 1.807) is 0 Å². The highest BCUT2D eigenvalue weighted by Crippen LogP contribution is 2.31. The van der Waals surface area contributed by atoms with Gasteiger partial charge in [0.2, 0.25) is 0 Å². The van der Waals surface area contributed by atoms with Crippen LogP contribution in [-0.2, 0) is 0 Å². The van der Waals surface area contributed by atoms with Crippen molar-refractivity contribution in [1.82, 2.24) is 5.32 Å². The van der Waals surface area contributed by atoms with Gasteiger partial charge in [0.15, 0.2) is 0 Å². The highest BCUT2D eigenvalue weighted by molar-refractivity contribution is 5.94. The molecule has 1 amide bonds. The van der Waals surface area contributed by atoms with Gasteiger partial charge in [-0.3, -0.25) is 4.79 Å². The number of rotatable bonds is 4. The van der Waals surface area contributed by atoms with Crippen molar-refractivity contribution in [1.29, 1.82) is 0 Å². The second-order valence-corrected chi connectivity index (χ2v) is 4.98. The van der Waals surface area contributed by atoms with E-state index in [2.05, 4.69) is 10.6 Å². The summed E-state index contributed by atoms with van der Waals surface area (Å²) in [5.74, 6) is 0.772. The lowest BCUT2D eigenvalue weighted by Crippen LogP contribution is -2.29. The van der Waals surface area contributed by atoms with E-state index in [9.17, 15) is 4.79 Å². The van der Waals surface area contributed by atoms with Crippen molar-refractivity contribution in [3.8, 4) is 5.75 Å². The SMILES string of the molecule is CCNc1ccc(C(=O)NC2COc3ccccc32)cc1. The Morgan fingerprint density at radius 1 is 1.19 bits per heavy atom. The second-order valence-electron chi connectivity index (χ2n) is 4.98. The van der Waals surface area contributed by atoms with Gasteiger partial charge in [0.25, 0.3) is 5.91 Å². The molecule has 0 fully saturated rings. The topological polar surface area (TPSA) is 50.4 Å². The van der Waals surface area contributed by atoms with Crippen molar-refractivity contribution in [2.24, 2.45) is 0 Å². The standard InChI is InChI=1S/C17H18N2O2/c1-2-18-13-9-7-12(8-10-13)17(20)19-15-11-21-16-6-4-3-5-14(15)16/h3-10,15,18H,2,11H2,1H3,(H,19,20). The number of ether oxygens (including phenoxy) is 1. The number of anilines is 1. The maximum atomic E-state index is 12.3. The molecule has 2 N–H and O–H groups in total. The fourth-order valence-corrected chi connectivity index (χ4v) is 2.47. The zero-order valence-corrected chi connectivity index (χ0v) is 11.9. The number of nitrogens with one attached hydrogen (secondary N) is 2. The fourth-order valence-electron chi connectivity index (χ4n) is 2.47. The van der Waals surface area contributed by atoms with Gasteiger partial charge < -0.3 is 15.4 Å². The Kier molecular flexibility index (Phi) is 3.77. The molecular formula is C17H18N2O2. The Morgan fingerprint density at radius 3 is 2.71 bits per heavy atom. The van der Waals surface area contributed by atoms with Crippen molar-refractivity contribution in [2.45, 2.75) is 13.0 Å². The molecule has 0 spiro atoms. The Labute approximate surface area is 124 Å². The van der Waals surface area contributed by atoms with E-state index >= 15 is 0 Å². The van der Waals surface area contributed by atoms with Crippen LogP contribution in [0.15, 0.2) is 48.5 Å². The van der Waals surface area contributed by atoms with Crippen LogP contribution in [-0.4, -0.2) is 19.1 Å². The van der Waals surface area contributed by atoms with E-state index in [1.165, 1.54) is 0 Å². The molecule has 108 valence electrons. The van der Waals surface area contributed by atoms with Crippen LogP contribution in [0.1, 0.15) is 28.9 Å². The van der Waals surface area contributed by atoms with E-state index in [0.717, 1.165) is 23.5 Å². The Balaban J connectivity index is 1.69. The summed E-state index contributed by atoms with van der Waals surface area (Å²) in [6.07, 6.45) is 0. The molecule has 1 atom stereocenters. The molecule has 2 aromatic carbocycles. The second kappa shape index (κ2) is 5.87. The number of carbonyl (C=O) groups is 1. The summed E-state index contributed by atoms with van der Waals surface area (Å²) >= 11 is 0. The van der Waals surface area contributed by atoms with Crippen LogP contribution < -0.4 is 15.4 Å². The lowest BCUT2D eigenvalue weighted by Gasteiger charge is -2.12. The molecule has 0 saturated heterocycles. The molecule has 0 saturated carbocycles. The van der Waals surface area contributed by atoms with Crippen LogP contribution in [0.4, 0.5) is 5.69 Å². The van der Waals surface area contributed by atoms with E-state index in [-0.39, 0.29) is 11.9 Å². The highest BCUT2D eigenvalue weighted by Gasteiger charge is 2.25. The first-order valence-corrected chi connectivity index (χ1v) is 7.14. The zero-order chi connectivity index (χ0) is 14.7. The summed E-state index contributed by atoms with van der Waals surface area (Å²) in [5, 5.41) is 6.23. The van der Waals surface area contributed by atoms with E-state index in [4.69, 9.17) is 4.74 Å². The molecular weight excluding hydrogens is 264 g/mol. The molecule has 0 aromatic heterocycles. The van der Waals surface area contributed by atoms with Crippen LogP contribution >= 0.6 is 0 Å². The number of carbonyl (C=O) groups excluding carboxylic acids is 1. The normalized spacial score (nSPS) is 16.0. The van der Waals surface area contributed by atoms with Gasteiger partial charge in [0.1, 0.15) is 12.4 Å². The highest BCUT2D eigenvalue weighted by atomic mass is 16.5. The molecule has 4 heteroatoms. The lowest BCUT2D eigenvalue weighted by molar-refractivity contribution is 0.0930. The molecule has 2 aromatic rings. The van der Waals surface area contributed by atoms with Crippen LogP contribution in [0, 0.1) is 0 Å². The molecule has 1 heterocycles. The molecule has 21 heavy (non-hydrogen) atoms. The van der Waals surface area contributed by atoms with E-state index in [0.29, 0.717) is 12.2 Å². The monoisotopic (exact) mass is 282 g/mol. The molecule has 1 unspecified atom stereocenters. The van der Waals surface area contributed by atoms with Gasteiger partial charge in [-0.1, -0.05) is 18.2 Å². The van der Waals surface area contributed by atoms with Gasteiger partial charge in [0, 0.05) is 23.4 Å². The quantitative estimate of drug-likeness (QED) is 0.906. The average molecular weight is 282 g/mol. The van der Waals surface area contributed by atoms with Crippen molar-refractivity contribution in [2.75, 3.05) is 18.5 Å². The van der Waals surface area contributed by atoms with Crippen molar-refractivity contribution < 1.29 is 9.53 Å². The number of amides is 1. The minimum absolute atomic E-state index is 0.0802. The van der Waals surface area contributed by atoms with E-state index < -0.39 is 0 Å². The summed E-state index contributed by atoms with van der Waals surface area (Å²) in [4.78, 5) is 12.3. The Morgan fingerprint density at radius 2 is 1.95 bits per heavy atom. The molecule has 1 aliphatic heterocycles. The van der Waals surface area contributed by atoms with Crippen LogP contribution in [0.2, 0.25) is 0 Å². The molecule has 0 bridgehead atoms. The number of fused-ring (bicyclic) bond motifs is 1. The predicted molar refractivity (Wildman–Crippen MR) is 82.7 cm³/mol. The third-order valence-electron chi connectivity index (χ3n) is 3.53. The largest absolute Gasteiger partial charge is 0.491 e. The summed E-state index contributed by atoms with van der Waals surface area (Å²) in [6.45, 7) is 3.39. The fraction of sp³-hybridized carbons (Fsp3) is 0.235. The third kappa shape index (κ3) is 2.84. The summed E-state index contributed by atoms with van der Waals surface area (Å²) in [7, 11) is 0.